The van der Waals surface area contributed by atoms with Gasteiger partial charge in [-0.2, -0.15) is 0 Å². The second-order valence-electron chi connectivity index (χ2n) is 4.54. The van der Waals surface area contributed by atoms with Gasteiger partial charge in [0.05, 0.1) is 25.7 Å². The topological polar surface area (TPSA) is 73.6 Å². The van der Waals surface area contributed by atoms with E-state index in [-0.39, 0.29) is 12.0 Å². The maximum absolute atomic E-state index is 11.8. The van der Waals surface area contributed by atoms with Crippen molar-refractivity contribution in [2.45, 2.75) is 32.9 Å². The molecule has 5 nitrogen and oxygen atoms in total. The highest BCUT2D eigenvalue weighted by Gasteiger charge is 2.06. The van der Waals surface area contributed by atoms with Crippen molar-refractivity contribution in [2.75, 3.05) is 25.1 Å². The van der Waals surface area contributed by atoms with Crippen LogP contribution in [0.3, 0.4) is 0 Å². The summed E-state index contributed by atoms with van der Waals surface area (Å²) in [5, 5.41) is 2.83. The van der Waals surface area contributed by atoms with Crippen LogP contribution in [0.2, 0.25) is 0 Å². The number of hydrogen-bond acceptors (Lipinski definition) is 4. The smallest absolute Gasteiger partial charge is 0.226 e. The van der Waals surface area contributed by atoms with E-state index in [2.05, 4.69) is 5.32 Å². The molecule has 0 aliphatic carbocycles. The fraction of sp³-hybridized carbons (Fsp3) is 0.533. The van der Waals surface area contributed by atoms with E-state index in [0.717, 1.165) is 11.3 Å². The van der Waals surface area contributed by atoms with E-state index in [1.807, 2.05) is 38.1 Å². The molecule has 0 bridgehead atoms. The van der Waals surface area contributed by atoms with Gasteiger partial charge in [0.25, 0.3) is 0 Å². The molecule has 0 aromatic heterocycles. The highest BCUT2D eigenvalue weighted by atomic mass is 16.5. The first-order valence-electron chi connectivity index (χ1n) is 6.94. The molecule has 112 valence electrons. The minimum atomic E-state index is -0.0669. The molecule has 1 rings (SSSR count). The van der Waals surface area contributed by atoms with E-state index < -0.39 is 0 Å². The van der Waals surface area contributed by atoms with Crippen LogP contribution in [-0.2, 0) is 20.8 Å². The average Bonchev–Trinajstić information content (AvgIpc) is 2.45. The summed E-state index contributed by atoms with van der Waals surface area (Å²) in [7, 11) is 0. The van der Waals surface area contributed by atoms with Crippen LogP contribution in [0.25, 0.3) is 0 Å². The van der Waals surface area contributed by atoms with Crippen molar-refractivity contribution in [3.63, 3.8) is 0 Å². The molecule has 0 aliphatic rings. The van der Waals surface area contributed by atoms with Crippen molar-refractivity contribution in [3.8, 4) is 0 Å². The van der Waals surface area contributed by atoms with Crippen LogP contribution in [0.1, 0.15) is 25.8 Å². The van der Waals surface area contributed by atoms with Crippen molar-refractivity contribution in [1.29, 1.82) is 0 Å². The van der Waals surface area contributed by atoms with Gasteiger partial charge >= 0.3 is 0 Å². The molecule has 20 heavy (non-hydrogen) atoms. The lowest BCUT2D eigenvalue weighted by atomic mass is 10.2. The summed E-state index contributed by atoms with van der Waals surface area (Å²) in [6.45, 7) is 5.94. The number of hydrogen-bond donors (Lipinski definition) is 2. The second kappa shape index (κ2) is 9.47. The Hall–Kier alpha value is -1.43. The zero-order valence-electron chi connectivity index (χ0n) is 12.2. The van der Waals surface area contributed by atoms with E-state index in [0.29, 0.717) is 32.8 Å². The number of carbonyl (C=O) groups excluding carboxylic acids is 1. The predicted molar refractivity (Wildman–Crippen MR) is 79.5 cm³/mol. The van der Waals surface area contributed by atoms with Gasteiger partial charge in [-0.1, -0.05) is 12.1 Å². The Morgan fingerprint density at radius 2 is 2.25 bits per heavy atom. The number of rotatable bonds is 9. The molecule has 1 unspecified atom stereocenters. The number of carbonyl (C=O) groups is 1. The highest BCUT2D eigenvalue weighted by Crippen LogP contribution is 2.10. The molecule has 0 saturated carbocycles. The fourth-order valence-corrected chi connectivity index (χ4v) is 1.68. The quantitative estimate of drug-likeness (QED) is 0.724. The lowest BCUT2D eigenvalue weighted by Crippen LogP contribution is -2.20. The Bertz CT molecular complexity index is 410. The van der Waals surface area contributed by atoms with Gasteiger partial charge in [-0.15, -0.1) is 0 Å². The number of benzene rings is 1. The maximum atomic E-state index is 11.8. The minimum Gasteiger partial charge on any atom is -0.379 e. The molecule has 0 radical (unpaired) electrons. The molecule has 5 heteroatoms. The zero-order chi connectivity index (χ0) is 14.8. The molecule has 1 amide bonds. The third-order valence-corrected chi connectivity index (χ3v) is 2.73. The van der Waals surface area contributed by atoms with Crippen LogP contribution in [0.4, 0.5) is 5.69 Å². The average molecular weight is 280 g/mol. The van der Waals surface area contributed by atoms with E-state index in [4.69, 9.17) is 15.2 Å². The highest BCUT2D eigenvalue weighted by molar-refractivity contribution is 5.90. The van der Waals surface area contributed by atoms with Gasteiger partial charge in [0.2, 0.25) is 5.91 Å². The largest absolute Gasteiger partial charge is 0.379 e. The van der Waals surface area contributed by atoms with E-state index in [1.54, 1.807) is 0 Å². The molecular formula is C15H24N2O3. The third-order valence-electron chi connectivity index (χ3n) is 2.73. The predicted octanol–water partition coefficient (Wildman–Crippen LogP) is 1.92. The summed E-state index contributed by atoms with van der Waals surface area (Å²) in [6.07, 6.45) is 0.326. The SMILES string of the molecule is CCOCC(C)OCCC(=O)Nc1cccc(CN)c1. The molecule has 1 aromatic carbocycles. The Kier molecular flexibility index (Phi) is 7.87. The van der Waals surface area contributed by atoms with Crippen molar-refractivity contribution >= 4 is 11.6 Å². The number of nitrogens with two attached hydrogens (primary N) is 1. The van der Waals surface area contributed by atoms with E-state index in [1.165, 1.54) is 0 Å². The van der Waals surface area contributed by atoms with Gasteiger partial charge in [0.1, 0.15) is 0 Å². The van der Waals surface area contributed by atoms with E-state index in [9.17, 15) is 4.79 Å². The van der Waals surface area contributed by atoms with Crippen LogP contribution in [0, 0.1) is 0 Å². The first-order valence-corrected chi connectivity index (χ1v) is 6.94. The van der Waals surface area contributed by atoms with Crippen molar-refractivity contribution < 1.29 is 14.3 Å². The standard InChI is InChI=1S/C15H24N2O3/c1-3-19-11-12(2)20-8-7-15(18)17-14-6-4-5-13(9-14)10-16/h4-6,9,12H,3,7-8,10-11,16H2,1-2H3,(H,17,18). The summed E-state index contributed by atoms with van der Waals surface area (Å²) >= 11 is 0. The second-order valence-corrected chi connectivity index (χ2v) is 4.54. The Morgan fingerprint density at radius 3 is 2.95 bits per heavy atom. The first kappa shape index (κ1) is 16.6. The number of amides is 1. The van der Waals surface area contributed by atoms with Gasteiger partial charge in [-0.05, 0) is 31.5 Å². The van der Waals surface area contributed by atoms with Crippen LogP contribution >= 0.6 is 0 Å². The van der Waals surface area contributed by atoms with Gasteiger partial charge in [-0.3, -0.25) is 4.79 Å². The van der Waals surface area contributed by atoms with Gasteiger partial charge < -0.3 is 20.5 Å². The monoisotopic (exact) mass is 280 g/mol. The van der Waals surface area contributed by atoms with Gasteiger partial charge in [0, 0.05) is 18.8 Å². The molecule has 1 atom stereocenters. The van der Waals surface area contributed by atoms with Gasteiger partial charge in [-0.25, -0.2) is 0 Å². The maximum Gasteiger partial charge on any atom is 0.226 e. The van der Waals surface area contributed by atoms with E-state index >= 15 is 0 Å². The van der Waals surface area contributed by atoms with Crippen LogP contribution in [0.5, 0.6) is 0 Å². The third kappa shape index (κ3) is 6.65. The van der Waals surface area contributed by atoms with Gasteiger partial charge in [0.15, 0.2) is 0 Å². The molecule has 0 aliphatic heterocycles. The molecule has 0 heterocycles. The van der Waals surface area contributed by atoms with Crippen LogP contribution in [-0.4, -0.2) is 31.8 Å². The Morgan fingerprint density at radius 1 is 1.45 bits per heavy atom. The fourth-order valence-electron chi connectivity index (χ4n) is 1.68. The minimum absolute atomic E-state index is 0.00307. The number of anilines is 1. The van der Waals surface area contributed by atoms with Crippen LogP contribution < -0.4 is 11.1 Å². The summed E-state index contributed by atoms with van der Waals surface area (Å²) in [5.74, 6) is -0.0669. The molecular weight excluding hydrogens is 256 g/mol. The normalized spacial score (nSPS) is 12.2. The van der Waals surface area contributed by atoms with Crippen molar-refractivity contribution in [3.05, 3.63) is 29.8 Å². The first-order chi connectivity index (χ1) is 9.65. The summed E-state index contributed by atoms with van der Waals surface area (Å²) in [4.78, 5) is 11.8. The Labute approximate surface area is 120 Å². The zero-order valence-corrected chi connectivity index (χ0v) is 12.2. The van der Waals surface area contributed by atoms with Crippen LogP contribution in [0.15, 0.2) is 24.3 Å². The summed E-state index contributed by atoms with van der Waals surface area (Å²) < 4.78 is 10.7. The number of nitrogens with one attached hydrogen (secondary N) is 1. The summed E-state index contributed by atoms with van der Waals surface area (Å²) in [6, 6.07) is 7.51. The molecule has 3 N–H and O–H groups in total. The molecule has 0 spiro atoms. The number of ether oxygens (including phenoxy) is 2. The van der Waals surface area contributed by atoms with Crippen molar-refractivity contribution in [2.24, 2.45) is 5.73 Å². The lowest BCUT2D eigenvalue weighted by Gasteiger charge is -2.12. The molecule has 0 fully saturated rings. The molecule has 0 saturated heterocycles. The lowest BCUT2D eigenvalue weighted by molar-refractivity contribution is -0.118. The molecule has 1 aromatic rings. The van der Waals surface area contributed by atoms with Crippen molar-refractivity contribution in [1.82, 2.24) is 0 Å². The summed E-state index contributed by atoms with van der Waals surface area (Å²) in [5.41, 5.74) is 7.31. The Balaban J connectivity index is 2.26.